The van der Waals surface area contributed by atoms with Crippen LogP contribution in [0.5, 0.6) is 11.5 Å². The zero-order chi connectivity index (χ0) is 20.9. The van der Waals surface area contributed by atoms with Crippen molar-refractivity contribution in [2.24, 2.45) is 0 Å². The molecular formula is C23H29N3O4+2. The lowest BCUT2D eigenvalue weighted by Gasteiger charge is -2.30. The van der Waals surface area contributed by atoms with Gasteiger partial charge in [0.2, 0.25) is 0 Å². The standard InChI is InChI=1S/C23H27N3O4/c1-29-18-6-8-19(9-7-18)30-17-16-25-12-10-24(11-13-25)14-15-26-22(27)20-4-2-3-5-21(20)23(26)28/h2-9H,10-17H2,1H3/p+2. The topological polar surface area (TPSA) is 64.7 Å². The Morgan fingerprint density at radius 2 is 1.33 bits per heavy atom. The van der Waals surface area contributed by atoms with Crippen molar-refractivity contribution in [1.82, 2.24) is 4.90 Å². The number of carbonyl (C=O) groups excluding carboxylic acids is 2. The lowest BCUT2D eigenvalue weighted by Crippen LogP contribution is -3.28. The summed E-state index contributed by atoms with van der Waals surface area (Å²) < 4.78 is 11.0. The van der Waals surface area contributed by atoms with Crippen molar-refractivity contribution in [3.63, 3.8) is 0 Å². The number of hydrogen-bond acceptors (Lipinski definition) is 4. The number of piperazine rings is 1. The smallest absolute Gasteiger partial charge is 0.261 e. The molecule has 2 aliphatic heterocycles. The molecule has 2 aliphatic rings. The Morgan fingerprint density at radius 3 is 1.90 bits per heavy atom. The lowest BCUT2D eigenvalue weighted by atomic mass is 10.1. The van der Waals surface area contributed by atoms with Crippen LogP contribution < -0.4 is 19.3 Å². The second-order valence-electron chi connectivity index (χ2n) is 7.83. The van der Waals surface area contributed by atoms with Gasteiger partial charge in [-0.1, -0.05) is 12.1 Å². The summed E-state index contributed by atoms with van der Waals surface area (Å²) in [5, 5.41) is 0. The molecular weight excluding hydrogens is 382 g/mol. The zero-order valence-electron chi connectivity index (χ0n) is 17.4. The third-order valence-corrected chi connectivity index (χ3v) is 6.02. The van der Waals surface area contributed by atoms with Crippen molar-refractivity contribution in [3.8, 4) is 11.5 Å². The molecule has 2 N–H and O–H groups in total. The zero-order valence-corrected chi connectivity index (χ0v) is 17.4. The highest BCUT2D eigenvalue weighted by Gasteiger charge is 2.36. The summed E-state index contributed by atoms with van der Waals surface area (Å²) in [6.45, 7) is 7.18. The molecule has 1 fully saturated rings. The van der Waals surface area contributed by atoms with Crippen LogP contribution in [0.2, 0.25) is 0 Å². The molecule has 2 heterocycles. The average molecular weight is 412 g/mol. The molecule has 1 saturated heterocycles. The maximum absolute atomic E-state index is 12.5. The maximum atomic E-state index is 12.5. The normalized spacial score (nSPS) is 20.9. The van der Waals surface area contributed by atoms with E-state index < -0.39 is 0 Å². The molecule has 2 amide bonds. The summed E-state index contributed by atoms with van der Waals surface area (Å²) in [6.07, 6.45) is 0. The maximum Gasteiger partial charge on any atom is 0.261 e. The summed E-state index contributed by atoms with van der Waals surface area (Å²) in [7, 11) is 1.65. The van der Waals surface area contributed by atoms with Crippen LogP contribution in [0.4, 0.5) is 0 Å². The number of ether oxygens (including phenoxy) is 2. The van der Waals surface area contributed by atoms with Crippen molar-refractivity contribution >= 4 is 11.8 Å². The third kappa shape index (κ3) is 4.47. The molecule has 0 unspecified atom stereocenters. The van der Waals surface area contributed by atoms with E-state index in [9.17, 15) is 9.59 Å². The van der Waals surface area contributed by atoms with Crippen LogP contribution in [0.1, 0.15) is 20.7 Å². The van der Waals surface area contributed by atoms with Gasteiger partial charge in [0.15, 0.2) is 0 Å². The van der Waals surface area contributed by atoms with E-state index in [0.29, 0.717) is 24.3 Å². The second-order valence-corrected chi connectivity index (χ2v) is 7.83. The van der Waals surface area contributed by atoms with E-state index in [4.69, 9.17) is 9.47 Å². The van der Waals surface area contributed by atoms with Gasteiger partial charge in [-0.05, 0) is 36.4 Å². The fourth-order valence-electron chi connectivity index (χ4n) is 4.15. The fraction of sp³-hybridized carbons (Fsp3) is 0.391. The number of hydrogen-bond donors (Lipinski definition) is 2. The molecule has 7 nitrogen and oxygen atoms in total. The van der Waals surface area contributed by atoms with Gasteiger partial charge in [-0.25, -0.2) is 0 Å². The van der Waals surface area contributed by atoms with E-state index in [2.05, 4.69) is 0 Å². The van der Waals surface area contributed by atoms with E-state index in [1.807, 2.05) is 24.3 Å². The van der Waals surface area contributed by atoms with Gasteiger partial charge in [-0.3, -0.25) is 14.5 Å². The first-order valence-corrected chi connectivity index (χ1v) is 10.5. The summed E-state index contributed by atoms with van der Waals surface area (Å²) in [6, 6.07) is 14.7. The number of imide groups is 1. The Kier molecular flexibility index (Phi) is 6.30. The van der Waals surface area contributed by atoms with Crippen LogP contribution >= 0.6 is 0 Å². The third-order valence-electron chi connectivity index (χ3n) is 6.02. The van der Waals surface area contributed by atoms with E-state index in [0.717, 1.165) is 50.8 Å². The van der Waals surface area contributed by atoms with Crippen molar-refractivity contribution < 1.29 is 28.9 Å². The van der Waals surface area contributed by atoms with Crippen LogP contribution in [0, 0.1) is 0 Å². The highest BCUT2D eigenvalue weighted by molar-refractivity contribution is 6.21. The largest absolute Gasteiger partial charge is 0.497 e. The molecule has 0 atom stereocenters. The average Bonchev–Trinajstić information content (AvgIpc) is 3.04. The minimum atomic E-state index is -0.157. The van der Waals surface area contributed by atoms with Crippen LogP contribution in [-0.2, 0) is 0 Å². The Balaban J connectivity index is 1.16. The number of nitrogens with zero attached hydrogens (tertiary/aromatic N) is 1. The number of fused-ring (bicyclic) bond motifs is 1. The molecule has 30 heavy (non-hydrogen) atoms. The number of amides is 2. The molecule has 0 spiro atoms. The molecule has 0 aromatic heterocycles. The molecule has 158 valence electrons. The predicted molar refractivity (Wildman–Crippen MR) is 111 cm³/mol. The van der Waals surface area contributed by atoms with Crippen molar-refractivity contribution in [1.29, 1.82) is 0 Å². The molecule has 0 saturated carbocycles. The molecule has 4 rings (SSSR count). The van der Waals surface area contributed by atoms with Crippen molar-refractivity contribution in [2.75, 3.05) is 59.5 Å². The van der Waals surface area contributed by atoms with E-state index in [1.54, 1.807) is 31.4 Å². The number of rotatable bonds is 8. The summed E-state index contributed by atoms with van der Waals surface area (Å²) in [4.78, 5) is 29.3. The van der Waals surface area contributed by atoms with Gasteiger partial charge in [0, 0.05) is 0 Å². The number of nitrogens with one attached hydrogen (secondary N) is 2. The van der Waals surface area contributed by atoms with Gasteiger partial charge in [-0.15, -0.1) is 0 Å². The Hall–Kier alpha value is -2.90. The SMILES string of the molecule is COc1ccc(OCC[NH+]2CC[NH+](CCN3C(=O)c4ccccc4C3=O)CC2)cc1. The molecule has 0 bridgehead atoms. The summed E-state index contributed by atoms with van der Waals surface area (Å²) in [5.74, 6) is 1.37. The van der Waals surface area contributed by atoms with Crippen LogP contribution in [-0.4, -0.2) is 76.2 Å². The highest BCUT2D eigenvalue weighted by Crippen LogP contribution is 2.21. The number of benzene rings is 2. The highest BCUT2D eigenvalue weighted by atomic mass is 16.5. The molecule has 2 aromatic carbocycles. The van der Waals surface area contributed by atoms with E-state index in [-0.39, 0.29) is 11.8 Å². The second kappa shape index (κ2) is 9.28. The first kappa shape index (κ1) is 20.4. The molecule has 7 heteroatoms. The Bertz CT molecular complexity index is 857. The molecule has 2 aromatic rings. The quantitative estimate of drug-likeness (QED) is 0.556. The van der Waals surface area contributed by atoms with Crippen molar-refractivity contribution in [3.05, 3.63) is 59.7 Å². The predicted octanol–water partition coefficient (Wildman–Crippen LogP) is -0.846. The summed E-state index contributed by atoms with van der Waals surface area (Å²) >= 11 is 0. The first-order chi connectivity index (χ1) is 14.7. The van der Waals surface area contributed by atoms with Gasteiger partial charge >= 0.3 is 0 Å². The monoisotopic (exact) mass is 411 g/mol. The van der Waals surface area contributed by atoms with Crippen LogP contribution in [0.25, 0.3) is 0 Å². The van der Waals surface area contributed by atoms with Crippen LogP contribution in [0.15, 0.2) is 48.5 Å². The Morgan fingerprint density at radius 1 is 0.800 bits per heavy atom. The number of quaternary nitrogens is 2. The first-order valence-electron chi connectivity index (χ1n) is 10.5. The van der Waals surface area contributed by atoms with Gasteiger partial charge in [0.25, 0.3) is 11.8 Å². The van der Waals surface area contributed by atoms with Gasteiger partial charge in [0.1, 0.15) is 50.8 Å². The minimum Gasteiger partial charge on any atom is -0.497 e. The Labute approximate surface area is 176 Å². The minimum absolute atomic E-state index is 0.157. The van der Waals surface area contributed by atoms with E-state index in [1.165, 1.54) is 14.7 Å². The summed E-state index contributed by atoms with van der Waals surface area (Å²) in [5.41, 5.74) is 1.06. The number of methoxy groups -OCH3 is 1. The number of carbonyl (C=O) groups is 2. The van der Waals surface area contributed by atoms with E-state index >= 15 is 0 Å². The van der Waals surface area contributed by atoms with Gasteiger partial charge < -0.3 is 19.3 Å². The van der Waals surface area contributed by atoms with Gasteiger partial charge in [0.05, 0.1) is 31.3 Å². The van der Waals surface area contributed by atoms with Gasteiger partial charge in [-0.2, -0.15) is 0 Å². The fourth-order valence-corrected chi connectivity index (χ4v) is 4.15. The molecule has 0 aliphatic carbocycles. The molecule has 0 radical (unpaired) electrons. The van der Waals surface area contributed by atoms with Crippen LogP contribution in [0.3, 0.4) is 0 Å². The lowest BCUT2D eigenvalue weighted by molar-refractivity contribution is -1.01. The van der Waals surface area contributed by atoms with Crippen molar-refractivity contribution in [2.45, 2.75) is 0 Å².